The summed E-state index contributed by atoms with van der Waals surface area (Å²) in [5, 5.41) is 0. The molecule has 144 valence electrons. The highest BCUT2D eigenvalue weighted by molar-refractivity contribution is 9.10. The Labute approximate surface area is 165 Å². The zero-order valence-electron chi connectivity index (χ0n) is 14.3. The van der Waals surface area contributed by atoms with Gasteiger partial charge in [-0.05, 0) is 40.0 Å². The lowest BCUT2D eigenvalue weighted by atomic mass is 10.1. The van der Waals surface area contributed by atoms with Gasteiger partial charge in [0, 0.05) is 12.6 Å². The Hall–Kier alpha value is -2.13. The number of nitrogens with zero attached hydrogens (tertiary/aromatic N) is 1. The molecule has 7 nitrogen and oxygen atoms in total. The van der Waals surface area contributed by atoms with Gasteiger partial charge < -0.3 is 14.1 Å². The molecule has 1 atom stereocenters. The largest absolute Gasteiger partial charge is 0.450 e. The first kappa shape index (κ1) is 19.6. The predicted molar refractivity (Wildman–Crippen MR) is 101 cm³/mol. The van der Waals surface area contributed by atoms with Crippen LogP contribution in [0.5, 0.6) is 0 Å². The molecule has 0 spiro atoms. The maximum atomic E-state index is 12.7. The van der Waals surface area contributed by atoms with Crippen molar-refractivity contribution < 1.29 is 27.2 Å². The van der Waals surface area contributed by atoms with Crippen molar-refractivity contribution in [1.29, 1.82) is 0 Å². The predicted octanol–water partition coefficient (Wildman–Crippen LogP) is 2.41. The molecule has 2 aromatic rings. The second-order valence-electron chi connectivity index (χ2n) is 6.24. The van der Waals surface area contributed by atoms with Gasteiger partial charge in [-0.3, -0.25) is 4.79 Å². The molecule has 1 amide bonds. The third kappa shape index (κ3) is 5.20. The van der Waals surface area contributed by atoms with E-state index in [1.165, 1.54) is 11.0 Å². The highest BCUT2D eigenvalue weighted by atomic mass is 79.9. The number of hydrogen-bond acceptors (Lipinski definition) is 6. The van der Waals surface area contributed by atoms with Crippen LogP contribution in [0.2, 0.25) is 0 Å². The Morgan fingerprint density at radius 3 is 2.52 bits per heavy atom. The topological polar surface area (TPSA) is 93.9 Å². The summed E-state index contributed by atoms with van der Waals surface area (Å²) >= 11 is 3.09. The first-order valence-electron chi connectivity index (χ1n) is 8.30. The number of halogens is 1. The minimum atomic E-state index is -3.16. The average molecular weight is 456 g/mol. The van der Waals surface area contributed by atoms with Crippen LogP contribution in [0.4, 0.5) is 0 Å². The summed E-state index contributed by atoms with van der Waals surface area (Å²) in [5.74, 6) is -1.25. The summed E-state index contributed by atoms with van der Waals surface area (Å²) in [5.41, 5.74) is 0.872. The van der Waals surface area contributed by atoms with E-state index in [1.807, 2.05) is 30.3 Å². The molecule has 9 heteroatoms. The monoisotopic (exact) mass is 455 g/mol. The molecule has 1 aromatic heterocycles. The number of hydrogen-bond donors (Lipinski definition) is 0. The minimum absolute atomic E-state index is 0.0206. The number of carbonyl (C=O) groups is 2. The minimum Gasteiger partial charge on any atom is -0.450 e. The van der Waals surface area contributed by atoms with Crippen LogP contribution in [0.15, 0.2) is 51.6 Å². The van der Waals surface area contributed by atoms with Gasteiger partial charge in [-0.15, -0.1) is 0 Å². The molecule has 0 bridgehead atoms. The second-order valence-corrected chi connectivity index (χ2v) is 9.25. The molecule has 1 aliphatic rings. The van der Waals surface area contributed by atoms with Gasteiger partial charge in [-0.2, -0.15) is 0 Å². The lowest BCUT2D eigenvalue weighted by Gasteiger charge is -2.28. The number of sulfone groups is 1. The van der Waals surface area contributed by atoms with Crippen molar-refractivity contribution in [2.75, 3.05) is 18.1 Å². The first-order valence-corrected chi connectivity index (χ1v) is 10.9. The molecule has 0 saturated carbocycles. The fraction of sp³-hybridized carbons (Fsp3) is 0.333. The molecule has 1 fully saturated rings. The number of furan rings is 1. The third-order valence-electron chi connectivity index (χ3n) is 4.27. The smallest absolute Gasteiger partial charge is 0.374 e. The Morgan fingerprint density at radius 2 is 1.93 bits per heavy atom. The van der Waals surface area contributed by atoms with E-state index >= 15 is 0 Å². The van der Waals surface area contributed by atoms with Crippen molar-refractivity contribution in [3.8, 4) is 0 Å². The van der Waals surface area contributed by atoms with Gasteiger partial charge in [0.1, 0.15) is 0 Å². The highest BCUT2D eigenvalue weighted by Gasteiger charge is 2.35. The van der Waals surface area contributed by atoms with Gasteiger partial charge in [0.25, 0.3) is 5.91 Å². The summed E-state index contributed by atoms with van der Waals surface area (Å²) in [6, 6.07) is 11.8. The molecule has 0 N–H and O–H groups in total. The number of rotatable bonds is 6. The fourth-order valence-corrected chi connectivity index (χ4v) is 4.96. The highest BCUT2D eigenvalue weighted by Crippen LogP contribution is 2.21. The maximum Gasteiger partial charge on any atom is 0.374 e. The summed E-state index contributed by atoms with van der Waals surface area (Å²) in [7, 11) is -3.16. The van der Waals surface area contributed by atoms with Gasteiger partial charge in [0.15, 0.2) is 21.1 Å². The van der Waals surface area contributed by atoms with E-state index in [4.69, 9.17) is 9.15 Å². The van der Waals surface area contributed by atoms with Gasteiger partial charge in [-0.25, -0.2) is 13.2 Å². The standard InChI is InChI=1S/C18H18BrNO6S/c19-16-7-6-15(26-16)18(22)25-11-17(21)20(10-13-4-2-1-3-5-13)14-8-9-27(23,24)12-14/h1-7,14H,8-12H2/t14-/m0/s1. The van der Waals surface area contributed by atoms with Crippen molar-refractivity contribution in [3.63, 3.8) is 0 Å². The van der Waals surface area contributed by atoms with Crippen LogP contribution in [-0.2, 0) is 25.9 Å². The Balaban J connectivity index is 1.69. The molecule has 27 heavy (non-hydrogen) atoms. The number of amides is 1. The van der Waals surface area contributed by atoms with Crippen LogP contribution in [0.1, 0.15) is 22.5 Å². The van der Waals surface area contributed by atoms with E-state index in [0.717, 1.165) is 5.56 Å². The first-order chi connectivity index (χ1) is 12.8. The molecule has 0 unspecified atom stereocenters. The number of ether oxygens (including phenoxy) is 1. The van der Waals surface area contributed by atoms with Crippen molar-refractivity contribution in [2.24, 2.45) is 0 Å². The summed E-state index contributed by atoms with van der Waals surface area (Å²) < 4.78 is 34.2. The number of carbonyl (C=O) groups excluding carboxylic acids is 2. The van der Waals surface area contributed by atoms with Crippen LogP contribution in [0.25, 0.3) is 0 Å². The van der Waals surface area contributed by atoms with Crippen molar-refractivity contribution in [3.05, 3.63) is 58.5 Å². The van der Waals surface area contributed by atoms with Crippen LogP contribution in [0, 0.1) is 0 Å². The molecule has 1 saturated heterocycles. The number of benzene rings is 1. The zero-order valence-corrected chi connectivity index (χ0v) is 16.7. The summed E-state index contributed by atoms with van der Waals surface area (Å²) in [6.45, 7) is -0.232. The van der Waals surface area contributed by atoms with Gasteiger partial charge in [-0.1, -0.05) is 30.3 Å². The quantitative estimate of drug-likeness (QED) is 0.620. The Bertz CT molecular complexity index is 924. The fourth-order valence-electron chi connectivity index (χ4n) is 2.93. The molecule has 1 aromatic carbocycles. The molecule has 3 rings (SSSR count). The van der Waals surface area contributed by atoms with Gasteiger partial charge >= 0.3 is 5.97 Å². The average Bonchev–Trinajstić information content (AvgIpc) is 3.23. The maximum absolute atomic E-state index is 12.7. The zero-order chi connectivity index (χ0) is 19.4. The van der Waals surface area contributed by atoms with Crippen molar-refractivity contribution in [1.82, 2.24) is 4.90 Å². The molecule has 2 heterocycles. The molecule has 0 aliphatic carbocycles. The lowest BCUT2D eigenvalue weighted by molar-refractivity contribution is -0.137. The van der Waals surface area contributed by atoms with E-state index < -0.39 is 34.4 Å². The lowest BCUT2D eigenvalue weighted by Crippen LogP contribution is -2.42. The van der Waals surface area contributed by atoms with E-state index in [9.17, 15) is 18.0 Å². The van der Waals surface area contributed by atoms with E-state index in [-0.39, 0.29) is 23.8 Å². The van der Waals surface area contributed by atoms with E-state index in [0.29, 0.717) is 11.1 Å². The van der Waals surface area contributed by atoms with E-state index in [1.54, 1.807) is 6.07 Å². The molecule has 0 radical (unpaired) electrons. The normalized spacial score (nSPS) is 18.2. The molecule has 1 aliphatic heterocycles. The van der Waals surface area contributed by atoms with Crippen LogP contribution >= 0.6 is 15.9 Å². The van der Waals surface area contributed by atoms with Crippen molar-refractivity contribution in [2.45, 2.75) is 19.0 Å². The van der Waals surface area contributed by atoms with Gasteiger partial charge in [0.05, 0.1) is 11.5 Å². The summed E-state index contributed by atoms with van der Waals surface area (Å²) in [4.78, 5) is 26.1. The summed E-state index contributed by atoms with van der Waals surface area (Å²) in [6.07, 6.45) is 0.375. The van der Waals surface area contributed by atoms with Crippen LogP contribution in [-0.4, -0.2) is 49.3 Å². The third-order valence-corrected chi connectivity index (χ3v) is 6.44. The Morgan fingerprint density at radius 1 is 1.19 bits per heavy atom. The Kier molecular flexibility index (Phi) is 6.01. The van der Waals surface area contributed by atoms with Gasteiger partial charge in [0.2, 0.25) is 5.76 Å². The second kappa shape index (κ2) is 8.26. The number of esters is 1. The van der Waals surface area contributed by atoms with Crippen LogP contribution in [0.3, 0.4) is 0 Å². The van der Waals surface area contributed by atoms with Crippen LogP contribution < -0.4 is 0 Å². The molecular weight excluding hydrogens is 438 g/mol. The molecular formula is C18H18BrNO6S. The van der Waals surface area contributed by atoms with E-state index in [2.05, 4.69) is 15.9 Å². The van der Waals surface area contributed by atoms with Crippen molar-refractivity contribution >= 4 is 37.6 Å². The SMILES string of the molecule is O=C(OCC(=O)N(Cc1ccccc1)[C@H]1CCS(=O)(=O)C1)c1ccc(Br)o1.